The van der Waals surface area contributed by atoms with E-state index in [0.29, 0.717) is 16.1 Å². The molecule has 168 valence electrons. The Morgan fingerprint density at radius 2 is 1.44 bits per heavy atom. The first-order valence-corrected chi connectivity index (χ1v) is 13.6. The van der Waals surface area contributed by atoms with Crippen molar-refractivity contribution in [3.8, 4) is 0 Å². The highest BCUT2D eigenvalue weighted by molar-refractivity contribution is 9.24. The Morgan fingerprint density at radius 1 is 0.844 bits per heavy atom. The van der Waals surface area contributed by atoms with Crippen molar-refractivity contribution in [2.45, 2.75) is 21.3 Å². The predicted molar refractivity (Wildman–Crippen MR) is 145 cm³/mol. The van der Waals surface area contributed by atoms with Gasteiger partial charge in [0.15, 0.2) is 0 Å². The van der Waals surface area contributed by atoms with Crippen molar-refractivity contribution in [2.75, 3.05) is 0 Å². The smallest absolute Gasteiger partial charge is 0.261 e. The van der Waals surface area contributed by atoms with E-state index in [2.05, 4.69) is 73.7 Å². The lowest BCUT2D eigenvalue weighted by Crippen LogP contribution is -2.21. The van der Waals surface area contributed by atoms with Gasteiger partial charge in [-0.05, 0) is 42.3 Å². The number of hydrogen-bond acceptors (Lipinski definition) is 4. The summed E-state index contributed by atoms with van der Waals surface area (Å²) in [6.07, 6.45) is 0. The standard InChI is InChI=1S/2C11H10Br2N2O/c1-6-14-9-4-3-7(10(12)13)5-8(9)11(16)15(6)2;1-15-10(6-13)14-9-3-2-7(5-12)4-8(9)11(15)16/h3-5,10H,1-2H3;2-4H,5-6H2,1H3. The van der Waals surface area contributed by atoms with E-state index in [1.165, 1.54) is 0 Å². The summed E-state index contributed by atoms with van der Waals surface area (Å²) in [7, 11) is 3.47. The summed E-state index contributed by atoms with van der Waals surface area (Å²) in [5.74, 6) is 1.46. The topological polar surface area (TPSA) is 69.8 Å². The zero-order valence-corrected chi connectivity index (χ0v) is 23.9. The Bertz CT molecular complexity index is 1410. The van der Waals surface area contributed by atoms with E-state index in [1.54, 1.807) is 23.2 Å². The second kappa shape index (κ2) is 10.7. The first-order chi connectivity index (χ1) is 15.2. The van der Waals surface area contributed by atoms with Crippen molar-refractivity contribution in [1.82, 2.24) is 19.1 Å². The molecule has 0 atom stereocenters. The zero-order valence-electron chi connectivity index (χ0n) is 17.6. The van der Waals surface area contributed by atoms with Crippen LogP contribution in [-0.2, 0) is 24.8 Å². The highest BCUT2D eigenvalue weighted by Crippen LogP contribution is 2.30. The third-order valence-electron chi connectivity index (χ3n) is 5.08. The number of hydrogen-bond donors (Lipinski definition) is 0. The number of rotatable bonds is 3. The molecule has 4 rings (SSSR count). The van der Waals surface area contributed by atoms with Crippen LogP contribution in [0.5, 0.6) is 0 Å². The molecule has 4 aromatic rings. The third kappa shape index (κ3) is 5.24. The molecule has 0 aliphatic rings. The number of benzene rings is 2. The number of fused-ring (bicyclic) bond motifs is 2. The summed E-state index contributed by atoms with van der Waals surface area (Å²) in [5.41, 5.74) is 3.58. The van der Waals surface area contributed by atoms with E-state index in [4.69, 9.17) is 0 Å². The minimum Gasteiger partial charge on any atom is -0.299 e. The molecule has 0 N–H and O–H groups in total. The number of aryl methyl sites for hydroxylation is 1. The molecule has 0 saturated heterocycles. The number of alkyl halides is 4. The Labute approximate surface area is 218 Å². The summed E-state index contributed by atoms with van der Waals surface area (Å²) in [6.45, 7) is 1.83. The Balaban J connectivity index is 0.000000181. The number of nitrogens with zero attached hydrogens (tertiary/aromatic N) is 4. The highest BCUT2D eigenvalue weighted by atomic mass is 79.9. The van der Waals surface area contributed by atoms with E-state index in [-0.39, 0.29) is 14.9 Å². The maximum absolute atomic E-state index is 12.1. The van der Waals surface area contributed by atoms with Gasteiger partial charge >= 0.3 is 0 Å². The summed E-state index contributed by atoms with van der Waals surface area (Å²) >= 11 is 13.5. The summed E-state index contributed by atoms with van der Waals surface area (Å²) in [4.78, 5) is 32.9. The molecule has 0 unspecified atom stereocenters. The fourth-order valence-corrected chi connectivity index (χ4v) is 4.52. The largest absolute Gasteiger partial charge is 0.299 e. The quantitative estimate of drug-likeness (QED) is 0.257. The van der Waals surface area contributed by atoms with Crippen LogP contribution in [0.3, 0.4) is 0 Å². The van der Waals surface area contributed by atoms with Gasteiger partial charge in [-0.3, -0.25) is 18.7 Å². The summed E-state index contributed by atoms with van der Waals surface area (Å²) in [6, 6.07) is 11.4. The lowest BCUT2D eigenvalue weighted by atomic mass is 10.1. The molecule has 6 nitrogen and oxygen atoms in total. The molecule has 2 aromatic heterocycles. The van der Waals surface area contributed by atoms with Gasteiger partial charge in [0.05, 0.1) is 30.9 Å². The predicted octanol–water partition coefficient (Wildman–Crippen LogP) is 5.75. The lowest BCUT2D eigenvalue weighted by Gasteiger charge is -2.07. The van der Waals surface area contributed by atoms with E-state index in [9.17, 15) is 9.59 Å². The second-order valence-corrected chi connectivity index (χ2v) is 11.3. The molecule has 0 amide bonds. The SMILES string of the molecule is Cc1nc2ccc(C(Br)Br)cc2c(=O)n1C.Cn1c(CBr)nc2ccc(CBr)cc2c1=O. The van der Waals surface area contributed by atoms with Gasteiger partial charge in [0.25, 0.3) is 11.1 Å². The third-order valence-corrected chi connectivity index (χ3v) is 7.29. The molecular formula is C22H20Br4N4O2. The molecule has 0 aliphatic carbocycles. The first kappa shape index (κ1) is 25.3. The molecule has 0 saturated carbocycles. The average molecular weight is 692 g/mol. The van der Waals surface area contributed by atoms with Crippen LogP contribution in [0.4, 0.5) is 0 Å². The maximum Gasteiger partial charge on any atom is 0.261 e. The van der Waals surface area contributed by atoms with Gasteiger partial charge in [0, 0.05) is 19.4 Å². The molecular weight excluding hydrogens is 672 g/mol. The molecule has 2 heterocycles. The van der Waals surface area contributed by atoms with Gasteiger partial charge in [-0.15, -0.1) is 0 Å². The van der Waals surface area contributed by atoms with Gasteiger partial charge < -0.3 is 0 Å². The van der Waals surface area contributed by atoms with Gasteiger partial charge in [0.2, 0.25) is 0 Å². The molecule has 0 aliphatic heterocycles. The Kier molecular flexibility index (Phi) is 8.46. The average Bonchev–Trinajstić information content (AvgIpc) is 2.79. The number of halogens is 4. The van der Waals surface area contributed by atoms with Gasteiger partial charge in [-0.2, -0.15) is 0 Å². The normalized spacial score (nSPS) is 11.1. The van der Waals surface area contributed by atoms with Crippen LogP contribution in [0.2, 0.25) is 0 Å². The second-order valence-electron chi connectivity index (χ2n) is 7.11. The van der Waals surface area contributed by atoms with Gasteiger partial charge in [-0.1, -0.05) is 75.9 Å². The van der Waals surface area contributed by atoms with Crippen LogP contribution in [0.1, 0.15) is 26.5 Å². The number of aromatic nitrogens is 4. The maximum atomic E-state index is 12.1. The van der Waals surface area contributed by atoms with Crippen LogP contribution in [-0.4, -0.2) is 19.1 Å². The molecule has 2 aromatic carbocycles. The fraction of sp³-hybridized carbons (Fsp3) is 0.273. The van der Waals surface area contributed by atoms with Crippen molar-refractivity contribution in [3.63, 3.8) is 0 Å². The first-order valence-electron chi connectivity index (χ1n) is 9.53. The van der Waals surface area contributed by atoms with Crippen LogP contribution in [0, 0.1) is 6.92 Å². The van der Waals surface area contributed by atoms with Crippen LogP contribution < -0.4 is 11.1 Å². The van der Waals surface area contributed by atoms with E-state index in [0.717, 1.165) is 39.1 Å². The van der Waals surface area contributed by atoms with Crippen molar-refractivity contribution < 1.29 is 0 Å². The molecule has 0 fully saturated rings. The Morgan fingerprint density at radius 3 is 2.06 bits per heavy atom. The van der Waals surface area contributed by atoms with E-state index < -0.39 is 0 Å². The summed E-state index contributed by atoms with van der Waals surface area (Å²) in [5, 5.41) is 2.64. The molecule has 10 heteroatoms. The fourth-order valence-electron chi connectivity index (χ4n) is 3.10. The van der Waals surface area contributed by atoms with Crippen LogP contribution in [0.25, 0.3) is 21.8 Å². The molecule has 0 bridgehead atoms. The molecule has 0 radical (unpaired) electrons. The van der Waals surface area contributed by atoms with Gasteiger partial charge in [0.1, 0.15) is 11.6 Å². The van der Waals surface area contributed by atoms with Crippen molar-refractivity contribution in [1.29, 1.82) is 0 Å². The molecule has 0 spiro atoms. The monoisotopic (exact) mass is 688 g/mol. The highest BCUT2D eigenvalue weighted by Gasteiger charge is 2.09. The minimum absolute atomic E-state index is 0.00208. The van der Waals surface area contributed by atoms with Crippen molar-refractivity contribution >= 4 is 85.5 Å². The van der Waals surface area contributed by atoms with Crippen molar-refractivity contribution in [2.24, 2.45) is 14.1 Å². The summed E-state index contributed by atoms with van der Waals surface area (Å²) < 4.78 is 3.19. The Hall–Kier alpha value is -1.36. The lowest BCUT2D eigenvalue weighted by molar-refractivity contribution is 0.787. The molecule has 32 heavy (non-hydrogen) atoms. The van der Waals surface area contributed by atoms with E-state index >= 15 is 0 Å². The van der Waals surface area contributed by atoms with E-state index in [1.807, 2.05) is 43.3 Å². The minimum atomic E-state index is -0.00926. The van der Waals surface area contributed by atoms with Crippen LogP contribution in [0.15, 0.2) is 46.0 Å². The zero-order chi connectivity index (χ0) is 23.6. The van der Waals surface area contributed by atoms with Crippen LogP contribution >= 0.6 is 63.7 Å². The van der Waals surface area contributed by atoms with Crippen molar-refractivity contribution in [3.05, 3.63) is 79.9 Å². The van der Waals surface area contributed by atoms with Gasteiger partial charge in [-0.25, -0.2) is 9.97 Å².